The van der Waals surface area contributed by atoms with Crippen LogP contribution in [-0.2, 0) is 9.47 Å². The molecule has 1 fully saturated rings. The molecule has 0 amide bonds. The first-order valence-electron chi connectivity index (χ1n) is 7.21. The average molecular weight is 256 g/mol. The van der Waals surface area contributed by atoms with Crippen molar-refractivity contribution in [3.05, 3.63) is 0 Å². The normalized spacial score (nSPS) is 26.5. The summed E-state index contributed by atoms with van der Waals surface area (Å²) >= 11 is 0. The minimum Gasteiger partial charge on any atom is -0.431 e. The molecular formula is C15H28O3. The van der Waals surface area contributed by atoms with Gasteiger partial charge in [-0.25, -0.2) is 4.79 Å². The molecule has 0 aromatic carbocycles. The summed E-state index contributed by atoms with van der Waals surface area (Å²) in [6.45, 7) is 10.6. The van der Waals surface area contributed by atoms with Gasteiger partial charge in [0.25, 0.3) is 0 Å². The SMILES string of the molecule is CCC(C)OC(=O)OC1CCCCC1C(C)(C)C. The lowest BCUT2D eigenvalue weighted by Gasteiger charge is -2.39. The molecule has 0 radical (unpaired) electrons. The van der Waals surface area contributed by atoms with Crippen LogP contribution in [0.15, 0.2) is 0 Å². The van der Waals surface area contributed by atoms with Crippen LogP contribution in [0.25, 0.3) is 0 Å². The fraction of sp³-hybridized carbons (Fsp3) is 0.933. The molecule has 18 heavy (non-hydrogen) atoms. The smallest absolute Gasteiger partial charge is 0.431 e. The minimum absolute atomic E-state index is 0.0234. The van der Waals surface area contributed by atoms with Gasteiger partial charge in [0.15, 0.2) is 0 Å². The Morgan fingerprint density at radius 1 is 1.28 bits per heavy atom. The van der Waals surface area contributed by atoms with Crippen molar-refractivity contribution in [2.75, 3.05) is 0 Å². The Bertz CT molecular complexity index is 267. The summed E-state index contributed by atoms with van der Waals surface area (Å²) in [5, 5.41) is 0. The van der Waals surface area contributed by atoms with Gasteiger partial charge in [0.2, 0.25) is 0 Å². The van der Waals surface area contributed by atoms with E-state index in [4.69, 9.17) is 9.47 Å². The van der Waals surface area contributed by atoms with E-state index in [0.29, 0.717) is 5.92 Å². The molecule has 0 aromatic rings. The van der Waals surface area contributed by atoms with Crippen LogP contribution in [0.4, 0.5) is 4.79 Å². The van der Waals surface area contributed by atoms with Gasteiger partial charge in [-0.15, -0.1) is 0 Å². The molecule has 0 heterocycles. The first-order chi connectivity index (χ1) is 8.34. The van der Waals surface area contributed by atoms with Crippen molar-refractivity contribution < 1.29 is 14.3 Å². The lowest BCUT2D eigenvalue weighted by atomic mass is 9.71. The number of carbonyl (C=O) groups excluding carboxylic acids is 1. The van der Waals surface area contributed by atoms with Crippen LogP contribution in [0.5, 0.6) is 0 Å². The van der Waals surface area contributed by atoms with E-state index in [1.54, 1.807) is 0 Å². The highest BCUT2D eigenvalue weighted by atomic mass is 16.7. The van der Waals surface area contributed by atoms with Gasteiger partial charge in [-0.3, -0.25) is 0 Å². The monoisotopic (exact) mass is 256 g/mol. The lowest BCUT2D eigenvalue weighted by molar-refractivity contribution is -0.0493. The van der Waals surface area contributed by atoms with E-state index < -0.39 is 6.16 Å². The third kappa shape index (κ3) is 4.51. The zero-order chi connectivity index (χ0) is 13.8. The van der Waals surface area contributed by atoms with Crippen molar-refractivity contribution in [1.29, 1.82) is 0 Å². The van der Waals surface area contributed by atoms with Gasteiger partial charge >= 0.3 is 6.16 Å². The Hall–Kier alpha value is -0.730. The van der Waals surface area contributed by atoms with E-state index in [1.807, 2.05) is 13.8 Å². The molecule has 0 aromatic heterocycles. The van der Waals surface area contributed by atoms with Gasteiger partial charge in [0, 0.05) is 5.92 Å². The number of rotatable bonds is 3. The molecule has 0 N–H and O–H groups in total. The number of hydrogen-bond donors (Lipinski definition) is 0. The zero-order valence-electron chi connectivity index (χ0n) is 12.5. The van der Waals surface area contributed by atoms with Gasteiger partial charge in [-0.2, -0.15) is 0 Å². The molecule has 1 aliphatic carbocycles. The molecule has 1 saturated carbocycles. The topological polar surface area (TPSA) is 35.5 Å². The number of ether oxygens (including phenoxy) is 2. The molecule has 1 aliphatic rings. The fourth-order valence-corrected chi connectivity index (χ4v) is 2.63. The third-order valence-electron chi connectivity index (χ3n) is 3.93. The Labute approximate surface area is 111 Å². The maximum atomic E-state index is 11.7. The first-order valence-corrected chi connectivity index (χ1v) is 7.21. The highest BCUT2D eigenvalue weighted by Gasteiger charge is 2.36. The summed E-state index contributed by atoms with van der Waals surface area (Å²) in [5.41, 5.74) is 0.182. The molecule has 3 atom stereocenters. The number of carbonyl (C=O) groups is 1. The van der Waals surface area contributed by atoms with Crippen LogP contribution in [0, 0.1) is 11.3 Å². The van der Waals surface area contributed by atoms with E-state index in [2.05, 4.69) is 20.8 Å². The van der Waals surface area contributed by atoms with Gasteiger partial charge in [-0.1, -0.05) is 34.1 Å². The van der Waals surface area contributed by atoms with Crippen molar-refractivity contribution in [2.45, 2.75) is 78.9 Å². The predicted octanol–water partition coefficient (Wildman–Crippen LogP) is 4.54. The van der Waals surface area contributed by atoms with E-state index >= 15 is 0 Å². The van der Waals surface area contributed by atoms with Crippen molar-refractivity contribution in [2.24, 2.45) is 11.3 Å². The standard InChI is InChI=1S/C15H28O3/c1-6-11(2)17-14(16)18-13-10-8-7-9-12(13)15(3,4)5/h11-13H,6-10H2,1-5H3. The Morgan fingerprint density at radius 2 is 1.89 bits per heavy atom. The molecule has 0 spiro atoms. The Balaban J connectivity index is 2.54. The van der Waals surface area contributed by atoms with Crippen molar-refractivity contribution >= 4 is 6.16 Å². The summed E-state index contributed by atoms with van der Waals surface area (Å²) in [5.74, 6) is 0.440. The maximum Gasteiger partial charge on any atom is 0.508 e. The average Bonchev–Trinajstić information content (AvgIpc) is 2.27. The van der Waals surface area contributed by atoms with Crippen molar-refractivity contribution in [3.63, 3.8) is 0 Å². The third-order valence-corrected chi connectivity index (χ3v) is 3.93. The van der Waals surface area contributed by atoms with Crippen LogP contribution in [0.3, 0.4) is 0 Å². The highest BCUT2D eigenvalue weighted by molar-refractivity contribution is 5.60. The van der Waals surface area contributed by atoms with Gasteiger partial charge in [0.1, 0.15) is 12.2 Å². The van der Waals surface area contributed by atoms with Gasteiger partial charge in [-0.05, 0) is 38.0 Å². The first kappa shape index (κ1) is 15.3. The van der Waals surface area contributed by atoms with E-state index in [-0.39, 0.29) is 17.6 Å². The summed E-state index contributed by atoms with van der Waals surface area (Å²) in [6.07, 6.45) is 4.79. The van der Waals surface area contributed by atoms with E-state index in [9.17, 15) is 4.79 Å². The van der Waals surface area contributed by atoms with Crippen LogP contribution >= 0.6 is 0 Å². The summed E-state index contributed by atoms with van der Waals surface area (Å²) < 4.78 is 10.7. The van der Waals surface area contributed by atoms with Crippen LogP contribution in [-0.4, -0.2) is 18.4 Å². The van der Waals surface area contributed by atoms with Gasteiger partial charge < -0.3 is 9.47 Å². The lowest BCUT2D eigenvalue weighted by Crippen LogP contribution is -2.38. The number of hydrogen-bond acceptors (Lipinski definition) is 3. The van der Waals surface area contributed by atoms with E-state index in [0.717, 1.165) is 25.7 Å². The van der Waals surface area contributed by atoms with Crippen molar-refractivity contribution in [3.8, 4) is 0 Å². The van der Waals surface area contributed by atoms with Crippen LogP contribution in [0.2, 0.25) is 0 Å². The van der Waals surface area contributed by atoms with Crippen LogP contribution in [0.1, 0.15) is 66.7 Å². The summed E-state index contributed by atoms with van der Waals surface area (Å²) in [6, 6.07) is 0. The second-order valence-corrected chi connectivity index (χ2v) is 6.50. The zero-order valence-corrected chi connectivity index (χ0v) is 12.5. The van der Waals surface area contributed by atoms with Gasteiger partial charge in [0.05, 0.1) is 0 Å². The molecule has 3 nitrogen and oxygen atoms in total. The van der Waals surface area contributed by atoms with Crippen LogP contribution < -0.4 is 0 Å². The van der Waals surface area contributed by atoms with Crippen molar-refractivity contribution in [1.82, 2.24) is 0 Å². The summed E-state index contributed by atoms with van der Waals surface area (Å²) in [4.78, 5) is 11.7. The highest BCUT2D eigenvalue weighted by Crippen LogP contribution is 2.39. The molecular weight excluding hydrogens is 228 g/mol. The molecule has 3 unspecified atom stereocenters. The molecule has 106 valence electrons. The minimum atomic E-state index is -0.495. The molecule has 1 rings (SSSR count). The maximum absolute atomic E-state index is 11.7. The molecule has 3 heteroatoms. The second-order valence-electron chi connectivity index (χ2n) is 6.50. The largest absolute Gasteiger partial charge is 0.508 e. The quantitative estimate of drug-likeness (QED) is 0.695. The molecule has 0 aliphatic heterocycles. The second kappa shape index (κ2) is 6.44. The fourth-order valence-electron chi connectivity index (χ4n) is 2.63. The molecule has 0 saturated heterocycles. The predicted molar refractivity (Wildman–Crippen MR) is 72.5 cm³/mol. The van der Waals surface area contributed by atoms with E-state index in [1.165, 1.54) is 6.42 Å². The molecule has 0 bridgehead atoms. The Kier molecular flexibility index (Phi) is 5.48. The summed E-state index contributed by atoms with van der Waals surface area (Å²) in [7, 11) is 0. The Morgan fingerprint density at radius 3 is 2.44 bits per heavy atom.